The molecule has 0 bridgehead atoms. The molecule has 4 aliphatic carbocycles. The number of halogens is 1. The zero-order valence-electron chi connectivity index (χ0n) is 33.8. The minimum absolute atomic E-state index is 0.0139. The number of carbonyl (C=O) groups excluding carboxylic acids is 3. The molecule has 57 heavy (non-hydrogen) atoms. The number of phenols is 1. The van der Waals surface area contributed by atoms with Crippen molar-refractivity contribution in [3.8, 4) is 11.6 Å². The van der Waals surface area contributed by atoms with E-state index in [1.54, 1.807) is 0 Å². The molecule has 3 N–H and O–H groups in total. The number of amides is 1. The molecule has 304 valence electrons. The highest BCUT2D eigenvalue weighted by atomic mass is 28.4. The molecule has 1 fully saturated rings. The number of aromatic hydroxyl groups is 1. The molecule has 1 amide bonds. The molecule has 8 rings (SSSR count). The van der Waals surface area contributed by atoms with Crippen molar-refractivity contribution in [2.24, 2.45) is 11.8 Å². The standard InChI is InChI=1S/C43H53FN4O8Si/c1-42(2,3)57(6,7)56-43-29(35(47(4)5)38-33(40(43)53)41(46-55-38)54-22-23-13-9-8-10-14-23)18-24-17-26-32(37(51)31(24)39(43)52)36(50)28-21-48(20-27(28)34(26)44)30(49)19-45-25-15-11-12-16-25/h8-10,13-14,24-25,29,35,45,50,52H,11-12,15-22H2,1-7H3/t24-,29-,35-,43?/m0/s1. The van der Waals surface area contributed by atoms with Crippen LogP contribution in [0, 0.1) is 17.7 Å². The number of nitrogens with one attached hydrogen (secondary N) is 1. The van der Waals surface area contributed by atoms with E-state index in [1.165, 1.54) is 4.90 Å². The van der Waals surface area contributed by atoms with Crippen molar-refractivity contribution in [1.29, 1.82) is 0 Å². The fraction of sp³-hybridized carbons (Fsp3) is 0.535. The summed E-state index contributed by atoms with van der Waals surface area (Å²) in [6, 6.07) is 9.02. The summed E-state index contributed by atoms with van der Waals surface area (Å²) in [5.74, 6) is -4.44. The van der Waals surface area contributed by atoms with Gasteiger partial charge in [-0.3, -0.25) is 19.3 Å². The number of hydrogen-bond acceptors (Lipinski definition) is 11. The van der Waals surface area contributed by atoms with Gasteiger partial charge in [-0.25, -0.2) is 4.39 Å². The highest BCUT2D eigenvalue weighted by Crippen LogP contribution is 2.60. The maximum absolute atomic E-state index is 16.7. The first-order chi connectivity index (χ1) is 27.0. The number of allylic oxidation sites excluding steroid dienone is 1. The van der Waals surface area contributed by atoms with Crippen LogP contribution in [0.25, 0.3) is 0 Å². The Bertz CT molecular complexity index is 2170. The van der Waals surface area contributed by atoms with Gasteiger partial charge in [-0.15, -0.1) is 0 Å². The number of ether oxygens (including phenoxy) is 1. The lowest BCUT2D eigenvalue weighted by molar-refractivity contribution is -0.131. The Labute approximate surface area is 333 Å². The van der Waals surface area contributed by atoms with Crippen LogP contribution in [0.1, 0.15) is 108 Å². The molecule has 14 heteroatoms. The minimum atomic E-state index is -2.95. The Hall–Kier alpha value is -4.37. The van der Waals surface area contributed by atoms with Crippen molar-refractivity contribution in [2.75, 3.05) is 20.6 Å². The largest absolute Gasteiger partial charge is 0.508 e. The number of Topliss-reactive ketones (excluding diaryl/α,β-unsaturated/α-hetero) is 2. The number of fused-ring (bicyclic) bond motifs is 5. The second-order valence-corrected chi connectivity index (χ2v) is 23.0. The number of rotatable bonds is 9. The number of hydrogen-bond donors (Lipinski definition) is 3. The molecular weight excluding hydrogens is 748 g/mol. The number of aromatic nitrogens is 1. The van der Waals surface area contributed by atoms with Gasteiger partial charge in [-0.1, -0.05) is 63.9 Å². The van der Waals surface area contributed by atoms with E-state index in [-0.39, 0.29) is 96.1 Å². The van der Waals surface area contributed by atoms with Crippen LogP contribution in [0.4, 0.5) is 4.39 Å². The lowest BCUT2D eigenvalue weighted by atomic mass is 9.58. The van der Waals surface area contributed by atoms with E-state index >= 15 is 9.18 Å². The summed E-state index contributed by atoms with van der Waals surface area (Å²) < 4.78 is 36.0. The van der Waals surface area contributed by atoms with Crippen LogP contribution in [0.5, 0.6) is 11.6 Å². The fourth-order valence-electron chi connectivity index (χ4n) is 9.58. The van der Waals surface area contributed by atoms with Crippen LogP contribution >= 0.6 is 0 Å². The van der Waals surface area contributed by atoms with Crippen molar-refractivity contribution in [3.63, 3.8) is 0 Å². The molecule has 1 aromatic heterocycles. The van der Waals surface area contributed by atoms with E-state index in [4.69, 9.17) is 13.7 Å². The zero-order valence-corrected chi connectivity index (χ0v) is 34.8. The number of nitrogens with zero attached hydrogens (tertiary/aromatic N) is 3. The highest BCUT2D eigenvalue weighted by molar-refractivity contribution is 6.74. The summed E-state index contributed by atoms with van der Waals surface area (Å²) in [6.07, 6.45) is 4.39. The van der Waals surface area contributed by atoms with E-state index in [0.717, 1.165) is 31.2 Å². The summed E-state index contributed by atoms with van der Waals surface area (Å²) in [5.41, 5.74) is -1.06. The summed E-state index contributed by atoms with van der Waals surface area (Å²) >= 11 is 0. The molecular formula is C43H53FN4O8Si. The maximum atomic E-state index is 16.7. The highest BCUT2D eigenvalue weighted by Gasteiger charge is 2.67. The van der Waals surface area contributed by atoms with Gasteiger partial charge in [0.15, 0.2) is 25.5 Å². The van der Waals surface area contributed by atoms with Crippen LogP contribution in [0.15, 0.2) is 46.2 Å². The monoisotopic (exact) mass is 800 g/mol. The van der Waals surface area contributed by atoms with Crippen LogP contribution in [0.2, 0.25) is 18.1 Å². The van der Waals surface area contributed by atoms with Crippen molar-refractivity contribution < 1.29 is 42.7 Å². The number of aliphatic hydroxyl groups is 1. The van der Waals surface area contributed by atoms with Crippen LogP contribution in [-0.2, 0) is 35.3 Å². The SMILES string of the molecule is CN(C)[C@@H]1c2onc(OCc3ccccc3)c2C(=O)C2(O[Si](C)(C)C(C)(C)C)C(O)=C3C(=O)c4c(O)c5c(c(F)c4C[C@H]3C[C@@H]12)CN(C(=O)CNC1CCCC1)C5. The third-order valence-electron chi connectivity index (χ3n) is 13.6. The average molecular weight is 801 g/mol. The van der Waals surface area contributed by atoms with Gasteiger partial charge in [0.2, 0.25) is 11.7 Å². The van der Waals surface area contributed by atoms with Gasteiger partial charge in [0.1, 0.15) is 29.5 Å². The van der Waals surface area contributed by atoms with Crippen molar-refractivity contribution >= 4 is 25.8 Å². The van der Waals surface area contributed by atoms with E-state index in [0.29, 0.717) is 0 Å². The topological polar surface area (TPSA) is 155 Å². The first-order valence-electron chi connectivity index (χ1n) is 20.1. The number of aliphatic hydroxyl groups excluding tert-OH is 1. The predicted molar refractivity (Wildman–Crippen MR) is 211 cm³/mol. The smallest absolute Gasteiger partial charge is 0.265 e. The van der Waals surface area contributed by atoms with Gasteiger partial charge in [0.25, 0.3) is 5.88 Å². The molecule has 2 heterocycles. The number of phenolic OH excluding ortho intramolecular Hbond substituents is 1. The molecule has 3 aromatic rings. The van der Waals surface area contributed by atoms with Gasteiger partial charge in [0, 0.05) is 40.8 Å². The number of ketones is 2. The summed E-state index contributed by atoms with van der Waals surface area (Å²) in [6.45, 7) is 10.2. The van der Waals surface area contributed by atoms with E-state index in [2.05, 4.69) is 10.5 Å². The van der Waals surface area contributed by atoms with Gasteiger partial charge in [-0.05, 0) is 74.5 Å². The third-order valence-corrected chi connectivity index (χ3v) is 18.0. The van der Waals surface area contributed by atoms with Gasteiger partial charge in [0.05, 0.1) is 24.7 Å². The molecule has 4 atom stereocenters. The zero-order chi connectivity index (χ0) is 40.8. The predicted octanol–water partition coefficient (Wildman–Crippen LogP) is 6.92. The van der Waals surface area contributed by atoms with E-state index in [9.17, 15) is 19.8 Å². The Morgan fingerprint density at radius 1 is 1.07 bits per heavy atom. The Morgan fingerprint density at radius 3 is 2.42 bits per heavy atom. The first kappa shape index (κ1) is 39.5. The molecule has 12 nitrogen and oxygen atoms in total. The molecule has 1 saturated carbocycles. The van der Waals surface area contributed by atoms with Crippen molar-refractivity contribution in [1.82, 2.24) is 20.3 Å². The molecule has 0 saturated heterocycles. The van der Waals surface area contributed by atoms with Crippen molar-refractivity contribution in [2.45, 2.75) is 115 Å². The number of benzene rings is 2. The third kappa shape index (κ3) is 6.25. The summed E-state index contributed by atoms with van der Waals surface area (Å²) in [5, 5.41) is 31.7. The quantitative estimate of drug-likeness (QED) is 0.193. The summed E-state index contributed by atoms with van der Waals surface area (Å²) in [7, 11) is 0.719. The number of carbonyl (C=O) groups is 3. The average Bonchev–Trinajstić information content (AvgIpc) is 3.94. The Morgan fingerprint density at radius 2 is 1.75 bits per heavy atom. The van der Waals surface area contributed by atoms with Crippen LogP contribution in [-0.4, -0.2) is 83.2 Å². The molecule has 0 radical (unpaired) electrons. The molecule has 2 aromatic carbocycles. The van der Waals surface area contributed by atoms with Gasteiger partial charge >= 0.3 is 0 Å². The Balaban J connectivity index is 1.23. The maximum Gasteiger partial charge on any atom is 0.265 e. The van der Waals surface area contributed by atoms with Gasteiger partial charge in [-0.2, -0.15) is 0 Å². The van der Waals surface area contributed by atoms with Crippen LogP contribution in [0.3, 0.4) is 0 Å². The van der Waals surface area contributed by atoms with E-state index in [1.807, 2.05) is 83.2 Å². The Kier molecular flexibility index (Phi) is 9.81. The van der Waals surface area contributed by atoms with Gasteiger partial charge < -0.3 is 34.1 Å². The second kappa shape index (κ2) is 14.2. The first-order valence-corrected chi connectivity index (χ1v) is 23.0. The lowest BCUT2D eigenvalue weighted by Crippen LogP contribution is -2.65. The van der Waals surface area contributed by atoms with E-state index < -0.39 is 65.7 Å². The fourth-order valence-corrected chi connectivity index (χ4v) is 11.0. The normalized spacial score (nSPS) is 24.7. The molecule has 5 aliphatic rings. The molecule has 1 unspecified atom stereocenters. The summed E-state index contributed by atoms with van der Waals surface area (Å²) in [4.78, 5) is 47.0. The minimum Gasteiger partial charge on any atom is -0.508 e. The van der Waals surface area contributed by atoms with Crippen molar-refractivity contribution in [3.05, 3.63) is 86.6 Å². The molecule has 1 aliphatic heterocycles. The second-order valence-electron chi connectivity index (χ2n) is 18.3. The molecule has 0 spiro atoms. The lowest BCUT2D eigenvalue weighted by Gasteiger charge is -2.55. The van der Waals surface area contributed by atoms with Crippen LogP contribution < -0.4 is 10.1 Å².